The largest absolute Gasteiger partial charge is 0.481 e. The lowest BCUT2D eigenvalue weighted by Gasteiger charge is -2.19. The Hall–Kier alpha value is -3.28. The van der Waals surface area contributed by atoms with Gasteiger partial charge in [-0.25, -0.2) is 18.6 Å². The summed E-state index contributed by atoms with van der Waals surface area (Å²) >= 11 is 0. The number of amides is 1. The molecule has 0 atom stereocenters. The molecule has 2 aromatic carbocycles. The molecule has 0 heterocycles. The van der Waals surface area contributed by atoms with Gasteiger partial charge in [0.05, 0.1) is 4.90 Å². The van der Waals surface area contributed by atoms with E-state index in [0.29, 0.717) is 12.3 Å². The Morgan fingerprint density at radius 3 is 2.31 bits per heavy atom. The van der Waals surface area contributed by atoms with Gasteiger partial charge in [0.15, 0.2) is 9.84 Å². The third-order valence-corrected chi connectivity index (χ3v) is 5.36. The van der Waals surface area contributed by atoms with Gasteiger partial charge in [-0.3, -0.25) is 5.43 Å². The van der Waals surface area contributed by atoms with Crippen LogP contribution in [0.15, 0.2) is 58.8 Å². The van der Waals surface area contributed by atoms with Crippen LogP contribution in [0.5, 0.6) is 5.75 Å². The van der Waals surface area contributed by atoms with Crippen molar-refractivity contribution in [2.45, 2.75) is 44.7 Å². The van der Waals surface area contributed by atoms with Crippen molar-refractivity contribution in [2.24, 2.45) is 0 Å². The molecule has 0 saturated carbocycles. The maximum Gasteiger partial charge on any atom is 0.422 e. The van der Waals surface area contributed by atoms with Gasteiger partial charge in [0.25, 0.3) is 0 Å². The summed E-state index contributed by atoms with van der Waals surface area (Å²) in [6.07, 6.45) is 0.976. The molecule has 2 aromatic rings. The van der Waals surface area contributed by atoms with Gasteiger partial charge >= 0.3 is 6.09 Å². The van der Waals surface area contributed by atoms with Crippen LogP contribution in [0.3, 0.4) is 0 Å². The molecule has 0 spiro atoms. The van der Waals surface area contributed by atoms with Gasteiger partial charge in [0, 0.05) is 12.0 Å². The van der Waals surface area contributed by atoms with E-state index >= 15 is 0 Å². The molecule has 170 valence electrons. The number of hydrazine groups is 1. The fraction of sp³-hybridized carbons (Fsp3) is 0.292. The molecule has 0 saturated heterocycles. The van der Waals surface area contributed by atoms with Gasteiger partial charge in [0.1, 0.15) is 18.0 Å². The Kier molecular flexibility index (Phi) is 8.88. The number of sulfone groups is 1. The first-order chi connectivity index (χ1) is 15.1. The van der Waals surface area contributed by atoms with E-state index in [1.54, 1.807) is 52.0 Å². The van der Waals surface area contributed by atoms with E-state index in [0.717, 1.165) is 11.1 Å². The number of rotatable bonds is 8. The highest BCUT2D eigenvalue weighted by Gasteiger charge is 2.15. The van der Waals surface area contributed by atoms with E-state index in [9.17, 15) is 13.2 Å². The number of carbonyl (C=O) groups is 1. The lowest BCUT2D eigenvalue weighted by molar-refractivity contribution is 0.0497. The molecule has 0 unspecified atom stereocenters. The predicted octanol–water partition coefficient (Wildman–Crippen LogP) is 4.06. The van der Waals surface area contributed by atoms with Crippen molar-refractivity contribution in [3.63, 3.8) is 0 Å². The average molecular weight is 457 g/mol. The molecule has 2 N–H and O–H groups in total. The molecule has 0 aliphatic heterocycles. The van der Waals surface area contributed by atoms with Crippen molar-refractivity contribution in [1.82, 2.24) is 10.9 Å². The fourth-order valence-electron chi connectivity index (χ4n) is 2.43. The molecule has 0 aliphatic rings. The van der Waals surface area contributed by atoms with Gasteiger partial charge in [0.2, 0.25) is 0 Å². The number of hydrogen-bond acceptors (Lipinski definition) is 6. The third kappa shape index (κ3) is 8.84. The molecular formula is C24H28N2O5S. The van der Waals surface area contributed by atoms with E-state index in [-0.39, 0.29) is 11.5 Å². The minimum Gasteiger partial charge on any atom is -0.481 e. The van der Waals surface area contributed by atoms with E-state index in [1.165, 1.54) is 23.6 Å². The molecule has 7 nitrogen and oxygen atoms in total. The van der Waals surface area contributed by atoms with Crippen LogP contribution < -0.4 is 15.6 Å². The molecule has 32 heavy (non-hydrogen) atoms. The van der Waals surface area contributed by atoms with Crippen LogP contribution in [0.1, 0.15) is 38.8 Å². The first-order valence-corrected chi connectivity index (χ1v) is 11.5. The second-order valence-electron chi connectivity index (χ2n) is 7.76. The minimum atomic E-state index is -3.59. The molecule has 8 heteroatoms. The number of ether oxygens (including phenoxy) is 2. The second-order valence-corrected chi connectivity index (χ2v) is 9.59. The SMILES string of the molecule is CC#CCOc1ccc(S(=O)(=O)C=Cc2ccc(CNNC(=O)OC(C)(C)C)cc2)cc1. The third-order valence-electron chi connectivity index (χ3n) is 3.94. The maximum atomic E-state index is 12.5. The summed E-state index contributed by atoms with van der Waals surface area (Å²) in [6, 6.07) is 13.5. The highest BCUT2D eigenvalue weighted by Crippen LogP contribution is 2.19. The predicted molar refractivity (Wildman–Crippen MR) is 124 cm³/mol. The summed E-state index contributed by atoms with van der Waals surface area (Å²) < 4.78 is 35.6. The van der Waals surface area contributed by atoms with Gasteiger partial charge in [-0.15, -0.1) is 5.92 Å². The Bertz CT molecular complexity index is 1090. The molecular weight excluding hydrogens is 428 g/mol. The van der Waals surface area contributed by atoms with Crippen LogP contribution in [-0.2, 0) is 21.1 Å². The smallest absolute Gasteiger partial charge is 0.422 e. The number of hydrogen-bond donors (Lipinski definition) is 2. The standard InChI is InChI=1S/C24H28N2O5S/c1-5-6-16-30-21-11-13-22(14-12-21)32(28,29)17-15-19-7-9-20(10-8-19)18-25-26-23(27)31-24(2,3)4/h7-15,17,25H,16,18H2,1-4H3,(H,26,27). The highest BCUT2D eigenvalue weighted by molar-refractivity contribution is 7.94. The van der Waals surface area contributed by atoms with Gasteiger partial charge in [-0.1, -0.05) is 30.2 Å². The Labute approximate surface area is 189 Å². The lowest BCUT2D eigenvalue weighted by Crippen LogP contribution is -2.40. The van der Waals surface area contributed by atoms with Crippen molar-refractivity contribution < 1.29 is 22.7 Å². The van der Waals surface area contributed by atoms with Gasteiger partial charge in [-0.05, 0) is 69.2 Å². The Balaban J connectivity index is 1.90. The Morgan fingerprint density at radius 1 is 1.06 bits per heavy atom. The molecule has 0 bridgehead atoms. The summed E-state index contributed by atoms with van der Waals surface area (Å²) in [7, 11) is -3.59. The van der Waals surface area contributed by atoms with Crippen molar-refractivity contribution >= 4 is 22.0 Å². The molecule has 0 aliphatic carbocycles. The van der Waals surface area contributed by atoms with Crippen LogP contribution in [0, 0.1) is 11.8 Å². The topological polar surface area (TPSA) is 93.7 Å². The zero-order valence-electron chi connectivity index (χ0n) is 18.6. The summed E-state index contributed by atoms with van der Waals surface area (Å²) in [6.45, 7) is 7.72. The minimum absolute atomic E-state index is 0.178. The second kappa shape index (κ2) is 11.4. The summed E-state index contributed by atoms with van der Waals surface area (Å²) in [5.41, 5.74) is 6.32. The van der Waals surface area contributed by atoms with Crippen molar-refractivity contribution in [2.75, 3.05) is 6.61 Å². The van der Waals surface area contributed by atoms with Crippen LogP contribution in [0.2, 0.25) is 0 Å². The van der Waals surface area contributed by atoms with E-state index in [4.69, 9.17) is 9.47 Å². The normalized spacial score (nSPS) is 11.5. The van der Waals surface area contributed by atoms with Crippen molar-refractivity contribution in [1.29, 1.82) is 0 Å². The molecule has 0 radical (unpaired) electrons. The van der Waals surface area contributed by atoms with E-state index < -0.39 is 21.5 Å². The van der Waals surface area contributed by atoms with Crippen LogP contribution >= 0.6 is 0 Å². The van der Waals surface area contributed by atoms with Crippen LogP contribution in [0.25, 0.3) is 6.08 Å². The monoisotopic (exact) mass is 456 g/mol. The number of nitrogens with one attached hydrogen (secondary N) is 2. The number of carbonyl (C=O) groups excluding carboxylic acids is 1. The molecule has 0 aromatic heterocycles. The zero-order chi connectivity index (χ0) is 23.6. The molecule has 1 amide bonds. The van der Waals surface area contributed by atoms with E-state index in [2.05, 4.69) is 22.7 Å². The van der Waals surface area contributed by atoms with E-state index in [1.807, 2.05) is 12.1 Å². The molecule has 0 fully saturated rings. The van der Waals surface area contributed by atoms with Crippen LogP contribution in [0.4, 0.5) is 4.79 Å². The van der Waals surface area contributed by atoms with Crippen LogP contribution in [-0.4, -0.2) is 26.7 Å². The summed E-state index contributed by atoms with van der Waals surface area (Å²) in [5.74, 6) is 6.06. The lowest BCUT2D eigenvalue weighted by atomic mass is 10.1. The van der Waals surface area contributed by atoms with Gasteiger partial charge in [-0.2, -0.15) is 0 Å². The molecule has 2 rings (SSSR count). The Morgan fingerprint density at radius 2 is 1.72 bits per heavy atom. The maximum absolute atomic E-state index is 12.5. The first kappa shape index (κ1) is 25.0. The van der Waals surface area contributed by atoms with Crippen molar-refractivity contribution in [3.8, 4) is 17.6 Å². The fourth-order valence-corrected chi connectivity index (χ4v) is 3.44. The van der Waals surface area contributed by atoms with Crippen molar-refractivity contribution in [3.05, 3.63) is 65.1 Å². The quantitative estimate of drug-likeness (QED) is 0.460. The van der Waals surface area contributed by atoms with Gasteiger partial charge < -0.3 is 9.47 Å². The average Bonchev–Trinajstić information content (AvgIpc) is 2.72. The summed E-state index contributed by atoms with van der Waals surface area (Å²) in [5, 5.41) is 1.17. The first-order valence-electron chi connectivity index (χ1n) is 9.95. The highest BCUT2D eigenvalue weighted by atomic mass is 32.2. The zero-order valence-corrected chi connectivity index (χ0v) is 19.5. The summed E-state index contributed by atoms with van der Waals surface area (Å²) in [4.78, 5) is 11.8. The number of benzene rings is 2.